The molecule has 3 aromatic heterocycles. The molecule has 3 aromatic rings. The monoisotopic (exact) mass is 480 g/mol. The van der Waals surface area contributed by atoms with Gasteiger partial charge in [-0.1, -0.05) is 6.07 Å². The SMILES string of the molecule is O=C(Cc1ccccn1)N1Cc2cccn2CC(Oc2ncccc2F)C1.O=C(O)C(F)(F)F. The average molecular weight is 480 g/mol. The maximum Gasteiger partial charge on any atom is 0.490 e. The first kappa shape index (κ1) is 24.7. The van der Waals surface area contributed by atoms with E-state index in [-0.39, 0.29) is 18.2 Å². The molecular formula is C22H20F4N4O4. The number of hydrogen-bond donors (Lipinski definition) is 1. The number of aliphatic carboxylic acids is 1. The van der Waals surface area contributed by atoms with E-state index >= 15 is 0 Å². The lowest BCUT2D eigenvalue weighted by molar-refractivity contribution is -0.192. The van der Waals surface area contributed by atoms with Gasteiger partial charge in [0.05, 0.1) is 26.1 Å². The minimum absolute atomic E-state index is 0.0431. The normalized spacial score (nSPS) is 15.4. The summed E-state index contributed by atoms with van der Waals surface area (Å²) < 4.78 is 53.5. The molecule has 0 radical (unpaired) electrons. The number of carboxylic acids is 1. The Morgan fingerprint density at radius 1 is 1.06 bits per heavy atom. The van der Waals surface area contributed by atoms with Crippen molar-refractivity contribution in [3.8, 4) is 5.88 Å². The van der Waals surface area contributed by atoms with Gasteiger partial charge in [0.15, 0.2) is 5.82 Å². The number of amides is 1. The topological polar surface area (TPSA) is 97.5 Å². The standard InChI is InChI=1S/C20H19FN4O2.C2HF3O2/c21-18-7-3-9-23-20(18)27-17-13-24-10-4-6-16(24)12-25(14-17)19(26)11-15-5-1-2-8-22-15;3-2(4,5)1(6)7/h1-10,17H,11-14H2;(H,6,7). The Kier molecular flexibility index (Phi) is 7.82. The van der Waals surface area contributed by atoms with Crippen molar-refractivity contribution < 1.29 is 37.0 Å². The lowest BCUT2D eigenvalue weighted by atomic mass is 10.2. The van der Waals surface area contributed by atoms with Gasteiger partial charge in [0.1, 0.15) is 6.10 Å². The van der Waals surface area contributed by atoms with Crippen LogP contribution in [0.4, 0.5) is 17.6 Å². The van der Waals surface area contributed by atoms with Crippen molar-refractivity contribution in [2.45, 2.75) is 31.8 Å². The Hall–Kier alpha value is -3.96. The molecule has 8 nitrogen and oxygen atoms in total. The highest BCUT2D eigenvalue weighted by Gasteiger charge is 2.38. The van der Waals surface area contributed by atoms with Gasteiger partial charge in [0, 0.05) is 30.0 Å². The Bertz CT molecular complexity index is 1120. The smallest absolute Gasteiger partial charge is 0.475 e. The maximum atomic E-state index is 13.9. The number of halogens is 4. The van der Waals surface area contributed by atoms with E-state index in [1.807, 2.05) is 41.1 Å². The van der Waals surface area contributed by atoms with Crippen LogP contribution >= 0.6 is 0 Å². The van der Waals surface area contributed by atoms with Gasteiger partial charge in [-0.3, -0.25) is 9.78 Å². The van der Waals surface area contributed by atoms with Gasteiger partial charge >= 0.3 is 12.1 Å². The van der Waals surface area contributed by atoms with Crippen molar-refractivity contribution in [3.05, 3.63) is 78.3 Å². The summed E-state index contributed by atoms with van der Waals surface area (Å²) in [6.45, 7) is 1.35. The summed E-state index contributed by atoms with van der Waals surface area (Å²) in [6, 6.07) is 12.2. The van der Waals surface area contributed by atoms with Crippen LogP contribution in [0.5, 0.6) is 5.88 Å². The van der Waals surface area contributed by atoms with Gasteiger partial charge in [0.2, 0.25) is 5.91 Å². The number of nitrogens with zero attached hydrogens (tertiary/aromatic N) is 4. The highest BCUT2D eigenvalue weighted by Crippen LogP contribution is 2.20. The highest BCUT2D eigenvalue weighted by molar-refractivity contribution is 5.78. The van der Waals surface area contributed by atoms with E-state index in [4.69, 9.17) is 14.6 Å². The molecular weight excluding hydrogens is 460 g/mol. The van der Waals surface area contributed by atoms with Gasteiger partial charge in [-0.05, 0) is 36.4 Å². The first-order chi connectivity index (χ1) is 16.1. The fourth-order valence-corrected chi connectivity index (χ4v) is 3.20. The fraction of sp³-hybridized carbons (Fsp3) is 0.273. The Morgan fingerprint density at radius 2 is 1.79 bits per heavy atom. The second kappa shape index (κ2) is 10.8. The third-order valence-electron chi connectivity index (χ3n) is 4.76. The Labute approximate surface area is 191 Å². The molecule has 1 unspecified atom stereocenters. The van der Waals surface area contributed by atoms with Crippen molar-refractivity contribution in [2.24, 2.45) is 0 Å². The van der Waals surface area contributed by atoms with Crippen LogP contribution in [0.1, 0.15) is 11.4 Å². The molecule has 4 rings (SSSR count). The zero-order chi connectivity index (χ0) is 24.7. The molecule has 180 valence electrons. The number of fused-ring (bicyclic) bond motifs is 1. The van der Waals surface area contributed by atoms with E-state index in [1.165, 1.54) is 18.3 Å². The number of hydrogen-bond acceptors (Lipinski definition) is 5. The largest absolute Gasteiger partial charge is 0.490 e. The number of carbonyl (C=O) groups excluding carboxylic acids is 1. The summed E-state index contributed by atoms with van der Waals surface area (Å²) in [6.07, 6.45) is -0.179. The molecule has 0 bridgehead atoms. The van der Waals surface area contributed by atoms with Gasteiger partial charge < -0.3 is 19.3 Å². The predicted molar refractivity (Wildman–Crippen MR) is 110 cm³/mol. The third kappa shape index (κ3) is 6.77. The fourth-order valence-electron chi connectivity index (χ4n) is 3.20. The quantitative estimate of drug-likeness (QED) is 0.577. The maximum absolute atomic E-state index is 13.9. The average Bonchev–Trinajstić information content (AvgIpc) is 3.14. The first-order valence-electron chi connectivity index (χ1n) is 10.0. The Morgan fingerprint density at radius 3 is 2.44 bits per heavy atom. The summed E-state index contributed by atoms with van der Waals surface area (Å²) in [5, 5.41) is 7.12. The molecule has 0 aromatic carbocycles. The van der Waals surface area contributed by atoms with E-state index in [0.717, 1.165) is 11.4 Å². The third-order valence-corrected chi connectivity index (χ3v) is 4.76. The Balaban J connectivity index is 0.000000406. The zero-order valence-corrected chi connectivity index (χ0v) is 17.7. The van der Waals surface area contributed by atoms with Crippen LogP contribution in [-0.2, 0) is 29.1 Å². The molecule has 1 amide bonds. The van der Waals surface area contributed by atoms with Gasteiger partial charge in [-0.15, -0.1) is 0 Å². The number of carboxylic acid groups (broad SMARTS) is 1. The summed E-state index contributed by atoms with van der Waals surface area (Å²) >= 11 is 0. The molecule has 0 fully saturated rings. The van der Waals surface area contributed by atoms with Crippen LogP contribution in [0.15, 0.2) is 61.1 Å². The summed E-state index contributed by atoms with van der Waals surface area (Å²) in [5.74, 6) is -3.36. The first-order valence-corrected chi connectivity index (χ1v) is 10.0. The van der Waals surface area contributed by atoms with Gasteiger partial charge in [-0.25, -0.2) is 14.2 Å². The van der Waals surface area contributed by atoms with Crippen LogP contribution in [0.2, 0.25) is 0 Å². The van der Waals surface area contributed by atoms with Crippen LogP contribution < -0.4 is 4.74 Å². The number of ether oxygens (including phenoxy) is 1. The van der Waals surface area contributed by atoms with Gasteiger partial charge in [0.25, 0.3) is 5.88 Å². The van der Waals surface area contributed by atoms with Crippen LogP contribution in [-0.4, -0.2) is 55.2 Å². The van der Waals surface area contributed by atoms with E-state index < -0.39 is 24.1 Å². The van der Waals surface area contributed by atoms with Crippen LogP contribution in [0, 0.1) is 5.82 Å². The molecule has 1 aliphatic heterocycles. The second-order valence-corrected chi connectivity index (χ2v) is 7.26. The minimum atomic E-state index is -5.08. The molecule has 0 aliphatic carbocycles. The van der Waals surface area contributed by atoms with E-state index in [9.17, 15) is 22.4 Å². The highest BCUT2D eigenvalue weighted by atomic mass is 19.4. The number of alkyl halides is 3. The number of rotatable bonds is 4. The van der Waals surface area contributed by atoms with Crippen LogP contribution in [0.3, 0.4) is 0 Å². The summed E-state index contributed by atoms with van der Waals surface area (Å²) in [4.78, 5) is 31.7. The molecule has 4 heterocycles. The molecule has 12 heteroatoms. The van der Waals surface area contributed by atoms with Crippen LogP contribution in [0.25, 0.3) is 0 Å². The van der Waals surface area contributed by atoms with Crippen molar-refractivity contribution in [3.63, 3.8) is 0 Å². The predicted octanol–water partition coefficient (Wildman–Crippen LogP) is 3.08. The van der Waals surface area contributed by atoms with Crippen molar-refractivity contribution in [2.75, 3.05) is 6.54 Å². The van der Waals surface area contributed by atoms with E-state index in [0.29, 0.717) is 19.6 Å². The molecule has 34 heavy (non-hydrogen) atoms. The molecule has 1 aliphatic rings. The second-order valence-electron chi connectivity index (χ2n) is 7.26. The molecule has 1 atom stereocenters. The minimum Gasteiger partial charge on any atom is -0.475 e. The van der Waals surface area contributed by atoms with E-state index in [1.54, 1.807) is 11.1 Å². The molecule has 0 saturated carbocycles. The zero-order valence-electron chi connectivity index (χ0n) is 17.7. The number of aromatic nitrogens is 3. The number of pyridine rings is 2. The lowest BCUT2D eigenvalue weighted by Crippen LogP contribution is -2.39. The molecule has 0 saturated heterocycles. The van der Waals surface area contributed by atoms with Crippen molar-refractivity contribution >= 4 is 11.9 Å². The van der Waals surface area contributed by atoms with E-state index in [2.05, 4.69) is 9.97 Å². The molecule has 1 N–H and O–H groups in total. The number of carbonyl (C=O) groups is 2. The van der Waals surface area contributed by atoms with Crippen molar-refractivity contribution in [1.29, 1.82) is 0 Å². The molecule has 0 spiro atoms. The van der Waals surface area contributed by atoms with Crippen molar-refractivity contribution in [1.82, 2.24) is 19.4 Å². The summed E-state index contributed by atoms with van der Waals surface area (Å²) in [7, 11) is 0. The lowest BCUT2D eigenvalue weighted by Gasteiger charge is -2.24. The van der Waals surface area contributed by atoms with Gasteiger partial charge in [-0.2, -0.15) is 13.2 Å². The summed E-state index contributed by atoms with van der Waals surface area (Å²) in [5.41, 5.74) is 1.73.